The molecule has 4 N–H and O–H groups in total. The van der Waals surface area contributed by atoms with Crippen LogP contribution in [0.5, 0.6) is 0 Å². The van der Waals surface area contributed by atoms with E-state index in [2.05, 4.69) is 18.0 Å². The molecule has 3 nitrogen and oxygen atoms in total. The van der Waals surface area contributed by atoms with Crippen LogP contribution in [0.2, 0.25) is 0 Å². The number of nitrogens with one attached hydrogen (secondary N) is 1. The van der Waals surface area contributed by atoms with E-state index in [1.165, 1.54) is 5.56 Å². The van der Waals surface area contributed by atoms with Crippen LogP contribution in [-0.2, 0) is 12.8 Å². The van der Waals surface area contributed by atoms with E-state index in [9.17, 15) is 5.11 Å². The zero-order valence-electron chi connectivity index (χ0n) is 10.3. The summed E-state index contributed by atoms with van der Waals surface area (Å²) in [5.41, 5.74) is 11.4. The summed E-state index contributed by atoms with van der Waals surface area (Å²) in [5, 5.41) is 10.8. The molecule has 0 fully saturated rings. The lowest BCUT2D eigenvalue weighted by Gasteiger charge is -2.04. The molecule has 1 heterocycles. The van der Waals surface area contributed by atoms with Crippen LogP contribution in [0.15, 0.2) is 30.0 Å². The van der Waals surface area contributed by atoms with Crippen molar-refractivity contribution < 1.29 is 5.11 Å². The Balaban J connectivity index is 2.38. The van der Waals surface area contributed by atoms with Crippen LogP contribution in [0.1, 0.15) is 23.7 Å². The number of nitrogen functional groups attached to an aromatic ring is 1. The van der Waals surface area contributed by atoms with Crippen LogP contribution in [-0.4, -0.2) is 10.1 Å². The molecule has 1 aliphatic carbocycles. The third-order valence-corrected chi connectivity index (χ3v) is 3.49. The number of aromatic amines is 1. The standard InChI is InChI=1S/C15H16N2O/c1-2-9-6-7-12(16)14-11-5-3-4-10(18)8-13(11)17-15(9)14/h3-4,6-8,17-18H,2,5,16H2,1H3. The Hall–Kier alpha value is -2.16. The van der Waals surface area contributed by atoms with Gasteiger partial charge in [0.25, 0.3) is 0 Å². The molecule has 0 atom stereocenters. The van der Waals surface area contributed by atoms with Gasteiger partial charge in [-0.05, 0) is 36.1 Å². The lowest BCUT2D eigenvalue weighted by molar-refractivity contribution is 0.437. The number of fused-ring (bicyclic) bond motifs is 3. The van der Waals surface area contributed by atoms with E-state index in [0.717, 1.165) is 40.7 Å². The summed E-state index contributed by atoms with van der Waals surface area (Å²) >= 11 is 0. The van der Waals surface area contributed by atoms with Gasteiger partial charge in [0.05, 0.1) is 5.52 Å². The maximum absolute atomic E-state index is 9.68. The van der Waals surface area contributed by atoms with E-state index in [-0.39, 0.29) is 5.76 Å². The second-order valence-electron chi connectivity index (χ2n) is 4.61. The molecule has 0 saturated carbocycles. The van der Waals surface area contributed by atoms with Crippen LogP contribution in [0.25, 0.3) is 17.0 Å². The summed E-state index contributed by atoms with van der Waals surface area (Å²) in [7, 11) is 0. The SMILES string of the molecule is CCc1ccc(N)c2c3c([nH]c12)C=C(O)C=CC3. The molecular weight excluding hydrogens is 224 g/mol. The first-order chi connectivity index (χ1) is 8.70. The molecule has 3 heteroatoms. The quantitative estimate of drug-likeness (QED) is 0.669. The first kappa shape index (κ1) is 11.0. The molecule has 0 bridgehead atoms. The van der Waals surface area contributed by atoms with E-state index >= 15 is 0 Å². The Morgan fingerprint density at radius 3 is 3.00 bits per heavy atom. The molecule has 2 aromatic rings. The average Bonchev–Trinajstić information content (AvgIpc) is 2.60. The van der Waals surface area contributed by atoms with Crippen LogP contribution >= 0.6 is 0 Å². The molecule has 0 aliphatic heterocycles. The van der Waals surface area contributed by atoms with Gasteiger partial charge in [-0.3, -0.25) is 0 Å². The van der Waals surface area contributed by atoms with E-state index in [1.807, 2.05) is 12.1 Å². The van der Waals surface area contributed by atoms with Crippen molar-refractivity contribution in [1.82, 2.24) is 4.98 Å². The Kier molecular flexibility index (Phi) is 2.40. The molecular formula is C15H16N2O. The number of nitrogens with two attached hydrogens (primary N) is 1. The minimum absolute atomic E-state index is 0.275. The summed E-state index contributed by atoms with van der Waals surface area (Å²) in [6.07, 6.45) is 7.19. The number of aryl methyl sites for hydroxylation is 1. The fourth-order valence-corrected chi connectivity index (χ4v) is 2.60. The van der Waals surface area contributed by atoms with Gasteiger partial charge in [0.15, 0.2) is 0 Å². The second-order valence-corrected chi connectivity index (χ2v) is 4.61. The molecule has 92 valence electrons. The van der Waals surface area contributed by atoms with Crippen molar-refractivity contribution in [1.29, 1.82) is 0 Å². The highest BCUT2D eigenvalue weighted by molar-refractivity contribution is 5.98. The molecule has 0 saturated heterocycles. The third-order valence-electron chi connectivity index (χ3n) is 3.49. The highest BCUT2D eigenvalue weighted by atomic mass is 16.3. The van der Waals surface area contributed by atoms with E-state index < -0.39 is 0 Å². The average molecular weight is 240 g/mol. The highest BCUT2D eigenvalue weighted by Crippen LogP contribution is 2.33. The van der Waals surface area contributed by atoms with Crippen LogP contribution in [0.4, 0.5) is 5.69 Å². The molecule has 18 heavy (non-hydrogen) atoms. The normalized spacial score (nSPS) is 14.4. The van der Waals surface area contributed by atoms with Crippen LogP contribution in [0.3, 0.4) is 0 Å². The minimum Gasteiger partial charge on any atom is -0.508 e. The molecule has 3 rings (SSSR count). The summed E-state index contributed by atoms with van der Waals surface area (Å²) in [4.78, 5) is 3.39. The van der Waals surface area contributed by atoms with Gasteiger partial charge in [-0.1, -0.05) is 19.1 Å². The minimum atomic E-state index is 0.275. The zero-order chi connectivity index (χ0) is 12.7. The number of aromatic nitrogens is 1. The predicted molar refractivity (Wildman–Crippen MR) is 75.5 cm³/mol. The van der Waals surface area contributed by atoms with Crippen molar-refractivity contribution >= 4 is 22.7 Å². The number of anilines is 1. The maximum atomic E-state index is 9.68. The lowest BCUT2D eigenvalue weighted by atomic mass is 10.0. The Labute approximate surface area is 106 Å². The monoisotopic (exact) mass is 240 g/mol. The van der Waals surface area contributed by atoms with E-state index in [1.54, 1.807) is 12.2 Å². The van der Waals surface area contributed by atoms with Crippen molar-refractivity contribution in [3.63, 3.8) is 0 Å². The Bertz CT molecular complexity index is 677. The summed E-state index contributed by atoms with van der Waals surface area (Å²) < 4.78 is 0. The highest BCUT2D eigenvalue weighted by Gasteiger charge is 2.15. The molecule has 0 amide bonds. The summed E-state index contributed by atoms with van der Waals surface area (Å²) in [6.45, 7) is 2.13. The van der Waals surface area contributed by atoms with Gasteiger partial charge in [0, 0.05) is 22.8 Å². The molecule has 1 aromatic carbocycles. The Morgan fingerprint density at radius 1 is 1.39 bits per heavy atom. The molecule has 0 radical (unpaired) electrons. The van der Waals surface area contributed by atoms with Crippen molar-refractivity contribution in [2.45, 2.75) is 19.8 Å². The number of hydrogen-bond donors (Lipinski definition) is 3. The number of allylic oxidation sites excluding steroid dienone is 2. The second kappa shape index (κ2) is 3.95. The van der Waals surface area contributed by atoms with Gasteiger partial charge in [-0.2, -0.15) is 0 Å². The molecule has 0 spiro atoms. The van der Waals surface area contributed by atoms with E-state index in [0.29, 0.717) is 0 Å². The maximum Gasteiger partial charge on any atom is 0.117 e. The number of benzene rings is 1. The van der Waals surface area contributed by atoms with Crippen molar-refractivity contribution in [3.05, 3.63) is 46.9 Å². The topological polar surface area (TPSA) is 62.0 Å². The first-order valence-corrected chi connectivity index (χ1v) is 6.19. The summed E-state index contributed by atoms with van der Waals surface area (Å²) in [6, 6.07) is 4.03. The molecule has 0 unspecified atom stereocenters. The van der Waals surface area contributed by atoms with Crippen LogP contribution < -0.4 is 5.73 Å². The Morgan fingerprint density at radius 2 is 2.22 bits per heavy atom. The van der Waals surface area contributed by atoms with Crippen molar-refractivity contribution in [2.24, 2.45) is 0 Å². The number of aliphatic hydroxyl groups excluding tert-OH is 1. The number of rotatable bonds is 1. The molecule has 1 aliphatic rings. The zero-order valence-corrected chi connectivity index (χ0v) is 10.3. The lowest BCUT2D eigenvalue weighted by Crippen LogP contribution is -1.91. The smallest absolute Gasteiger partial charge is 0.117 e. The largest absolute Gasteiger partial charge is 0.508 e. The van der Waals surface area contributed by atoms with Crippen molar-refractivity contribution in [2.75, 3.05) is 5.73 Å². The summed E-state index contributed by atoms with van der Waals surface area (Å²) in [5.74, 6) is 0.275. The third kappa shape index (κ3) is 1.51. The number of aliphatic hydroxyl groups is 1. The first-order valence-electron chi connectivity index (χ1n) is 6.19. The van der Waals surface area contributed by atoms with Gasteiger partial charge >= 0.3 is 0 Å². The van der Waals surface area contributed by atoms with Gasteiger partial charge < -0.3 is 15.8 Å². The van der Waals surface area contributed by atoms with Gasteiger partial charge in [-0.25, -0.2) is 0 Å². The predicted octanol–water partition coefficient (Wildman–Crippen LogP) is 3.32. The van der Waals surface area contributed by atoms with Gasteiger partial charge in [0.1, 0.15) is 5.76 Å². The number of H-pyrrole nitrogens is 1. The van der Waals surface area contributed by atoms with Crippen molar-refractivity contribution in [3.8, 4) is 0 Å². The fraction of sp³-hybridized carbons (Fsp3) is 0.200. The molecule has 1 aromatic heterocycles. The fourth-order valence-electron chi connectivity index (χ4n) is 2.60. The van der Waals surface area contributed by atoms with Gasteiger partial charge in [-0.15, -0.1) is 0 Å². The van der Waals surface area contributed by atoms with E-state index in [4.69, 9.17) is 5.73 Å². The van der Waals surface area contributed by atoms with Crippen LogP contribution in [0, 0.1) is 0 Å². The van der Waals surface area contributed by atoms with Gasteiger partial charge in [0.2, 0.25) is 0 Å². The number of hydrogen-bond acceptors (Lipinski definition) is 2.